The van der Waals surface area contributed by atoms with Crippen molar-refractivity contribution < 1.29 is 14.3 Å². The number of nitrogens with zero attached hydrogens (tertiary/aromatic N) is 1. The number of aromatic nitrogens is 1. The predicted molar refractivity (Wildman–Crippen MR) is 80.3 cm³/mol. The normalized spacial score (nSPS) is 13.7. The van der Waals surface area contributed by atoms with Crippen molar-refractivity contribution in [1.82, 2.24) is 4.98 Å². The van der Waals surface area contributed by atoms with Gasteiger partial charge in [-0.05, 0) is 37.1 Å². The van der Waals surface area contributed by atoms with Crippen LogP contribution >= 0.6 is 11.3 Å². The van der Waals surface area contributed by atoms with E-state index in [0.29, 0.717) is 27.7 Å². The number of anilines is 1. The number of carbonyl (C=O) groups excluding carboxylic acids is 2. The molecule has 1 heterocycles. The van der Waals surface area contributed by atoms with E-state index in [2.05, 4.69) is 10.3 Å². The number of rotatable bonds is 3. The van der Waals surface area contributed by atoms with Crippen molar-refractivity contribution in [2.45, 2.75) is 19.3 Å². The first-order valence-electron chi connectivity index (χ1n) is 6.65. The molecule has 6 heteroatoms. The van der Waals surface area contributed by atoms with E-state index in [1.54, 1.807) is 31.4 Å². The zero-order valence-corrected chi connectivity index (χ0v) is 12.3. The molecule has 0 saturated heterocycles. The minimum atomic E-state index is -0.240. The van der Waals surface area contributed by atoms with Crippen molar-refractivity contribution in [3.05, 3.63) is 40.4 Å². The lowest BCUT2D eigenvalue weighted by molar-refractivity contribution is 0.0975. The first-order valence-corrected chi connectivity index (χ1v) is 7.47. The van der Waals surface area contributed by atoms with Crippen molar-refractivity contribution in [2.24, 2.45) is 0 Å². The molecule has 0 bridgehead atoms. The number of thiazole rings is 1. The van der Waals surface area contributed by atoms with Gasteiger partial charge in [0.2, 0.25) is 0 Å². The predicted octanol–water partition coefficient (Wildman–Crippen LogP) is 2.92. The summed E-state index contributed by atoms with van der Waals surface area (Å²) in [5.41, 5.74) is 1.33. The average molecular weight is 302 g/mol. The molecule has 3 rings (SSSR count). The van der Waals surface area contributed by atoms with Crippen molar-refractivity contribution in [2.75, 3.05) is 12.4 Å². The van der Waals surface area contributed by atoms with Crippen molar-refractivity contribution in [1.29, 1.82) is 0 Å². The van der Waals surface area contributed by atoms with E-state index in [0.717, 1.165) is 18.5 Å². The van der Waals surface area contributed by atoms with E-state index in [-0.39, 0.29) is 11.7 Å². The second kappa shape index (κ2) is 5.65. The lowest BCUT2D eigenvalue weighted by Gasteiger charge is -2.05. The summed E-state index contributed by atoms with van der Waals surface area (Å²) < 4.78 is 5.05. The zero-order valence-electron chi connectivity index (χ0n) is 11.5. The second-order valence-corrected chi connectivity index (χ2v) is 5.75. The Balaban J connectivity index is 1.76. The van der Waals surface area contributed by atoms with Crippen LogP contribution in [-0.4, -0.2) is 23.8 Å². The fraction of sp³-hybridized carbons (Fsp3) is 0.267. The van der Waals surface area contributed by atoms with Gasteiger partial charge in [0.05, 0.1) is 17.7 Å². The molecule has 1 amide bonds. The molecule has 5 nitrogen and oxygen atoms in total. The molecule has 0 atom stereocenters. The number of hydrogen-bond acceptors (Lipinski definition) is 5. The Kier molecular flexibility index (Phi) is 3.70. The Hall–Kier alpha value is -2.21. The highest BCUT2D eigenvalue weighted by Crippen LogP contribution is 2.29. The molecule has 2 aromatic rings. The van der Waals surface area contributed by atoms with Crippen molar-refractivity contribution in [3.8, 4) is 5.75 Å². The molecular weight excluding hydrogens is 288 g/mol. The monoisotopic (exact) mass is 302 g/mol. The number of benzene rings is 1. The fourth-order valence-corrected chi connectivity index (χ4v) is 3.21. The number of hydrogen-bond donors (Lipinski definition) is 1. The molecule has 0 aliphatic heterocycles. The third kappa shape index (κ3) is 2.80. The number of carbonyl (C=O) groups is 2. The topological polar surface area (TPSA) is 68.3 Å². The summed E-state index contributed by atoms with van der Waals surface area (Å²) in [6, 6.07) is 6.83. The standard InChI is InChI=1S/C15H14N2O3S/c1-20-10-7-5-9(6-8-10)14(19)17-15-16-11-3-2-4-12(18)13(11)21-15/h5-8H,2-4H2,1H3,(H,16,17,19). The second-order valence-electron chi connectivity index (χ2n) is 4.75. The molecule has 21 heavy (non-hydrogen) atoms. The van der Waals surface area contributed by atoms with E-state index >= 15 is 0 Å². The lowest BCUT2D eigenvalue weighted by atomic mass is 10.0. The molecule has 1 aliphatic rings. The molecule has 108 valence electrons. The summed E-state index contributed by atoms with van der Waals surface area (Å²) in [6.45, 7) is 0. The minimum Gasteiger partial charge on any atom is -0.497 e. The largest absolute Gasteiger partial charge is 0.497 e. The molecule has 1 aromatic heterocycles. The maximum absolute atomic E-state index is 12.1. The van der Waals surface area contributed by atoms with Gasteiger partial charge < -0.3 is 4.74 Å². The number of Topliss-reactive ketones (excluding diaryl/α,β-unsaturated/α-hetero) is 1. The van der Waals surface area contributed by atoms with Crippen LogP contribution < -0.4 is 10.1 Å². The van der Waals surface area contributed by atoms with Gasteiger partial charge in [-0.25, -0.2) is 4.98 Å². The molecule has 0 radical (unpaired) electrons. The number of ketones is 1. The van der Waals surface area contributed by atoms with Crippen LogP contribution in [0.1, 0.15) is 38.6 Å². The molecule has 1 N–H and O–H groups in total. The van der Waals surface area contributed by atoms with Gasteiger partial charge in [0, 0.05) is 12.0 Å². The lowest BCUT2D eigenvalue weighted by Crippen LogP contribution is -2.11. The number of amides is 1. The summed E-state index contributed by atoms with van der Waals surface area (Å²) in [7, 11) is 1.58. The number of nitrogens with one attached hydrogen (secondary N) is 1. The fourth-order valence-electron chi connectivity index (χ4n) is 2.23. The van der Waals surface area contributed by atoms with Crippen LogP contribution in [0.5, 0.6) is 5.75 Å². The number of methoxy groups -OCH3 is 1. The van der Waals surface area contributed by atoms with Gasteiger partial charge in [-0.2, -0.15) is 0 Å². The molecule has 0 unspecified atom stereocenters. The summed E-state index contributed by atoms with van der Waals surface area (Å²) in [4.78, 5) is 28.9. The van der Waals surface area contributed by atoms with Gasteiger partial charge in [-0.3, -0.25) is 14.9 Å². The van der Waals surface area contributed by atoms with Crippen LogP contribution in [0, 0.1) is 0 Å². The van der Waals surface area contributed by atoms with Gasteiger partial charge >= 0.3 is 0 Å². The van der Waals surface area contributed by atoms with Gasteiger partial charge in [-0.1, -0.05) is 11.3 Å². The highest BCUT2D eigenvalue weighted by atomic mass is 32.1. The third-order valence-corrected chi connectivity index (χ3v) is 4.39. The Morgan fingerprint density at radius 3 is 2.71 bits per heavy atom. The minimum absolute atomic E-state index is 0.124. The highest BCUT2D eigenvalue weighted by molar-refractivity contribution is 7.17. The Morgan fingerprint density at radius 1 is 1.29 bits per heavy atom. The Bertz CT molecular complexity index is 691. The van der Waals surface area contributed by atoms with Crippen LogP contribution in [0.4, 0.5) is 5.13 Å². The summed E-state index contributed by atoms with van der Waals surface area (Å²) in [5, 5.41) is 3.23. The van der Waals surface area contributed by atoms with Crippen LogP contribution in [-0.2, 0) is 6.42 Å². The summed E-state index contributed by atoms with van der Waals surface area (Å²) in [6.07, 6.45) is 2.21. The number of ether oxygens (including phenoxy) is 1. The van der Waals surface area contributed by atoms with E-state index in [9.17, 15) is 9.59 Å². The van der Waals surface area contributed by atoms with E-state index in [1.165, 1.54) is 11.3 Å². The van der Waals surface area contributed by atoms with Crippen molar-refractivity contribution >= 4 is 28.2 Å². The van der Waals surface area contributed by atoms with E-state index < -0.39 is 0 Å². The van der Waals surface area contributed by atoms with Crippen molar-refractivity contribution in [3.63, 3.8) is 0 Å². The molecular formula is C15H14N2O3S. The summed E-state index contributed by atoms with van der Waals surface area (Å²) in [5.74, 6) is 0.580. The quantitative estimate of drug-likeness (QED) is 0.946. The van der Waals surface area contributed by atoms with Crippen LogP contribution in [0.15, 0.2) is 24.3 Å². The molecule has 1 aromatic carbocycles. The first kappa shape index (κ1) is 13.8. The average Bonchev–Trinajstić information content (AvgIpc) is 2.91. The molecule has 0 saturated carbocycles. The van der Waals surface area contributed by atoms with Crippen LogP contribution in [0.25, 0.3) is 0 Å². The Morgan fingerprint density at radius 2 is 2.05 bits per heavy atom. The third-order valence-electron chi connectivity index (χ3n) is 3.34. The maximum Gasteiger partial charge on any atom is 0.257 e. The maximum atomic E-state index is 12.1. The number of aryl methyl sites for hydroxylation is 1. The smallest absolute Gasteiger partial charge is 0.257 e. The summed E-state index contributed by atoms with van der Waals surface area (Å²) >= 11 is 1.26. The first-order chi connectivity index (χ1) is 10.2. The molecule has 0 spiro atoms. The van der Waals surface area contributed by atoms with Crippen LogP contribution in [0.3, 0.4) is 0 Å². The van der Waals surface area contributed by atoms with Gasteiger partial charge in [0.15, 0.2) is 10.9 Å². The molecule has 0 fully saturated rings. The van der Waals surface area contributed by atoms with Gasteiger partial charge in [-0.15, -0.1) is 0 Å². The number of fused-ring (bicyclic) bond motifs is 1. The van der Waals surface area contributed by atoms with E-state index in [4.69, 9.17) is 4.74 Å². The SMILES string of the molecule is COc1ccc(C(=O)Nc2nc3c(s2)C(=O)CCC3)cc1. The Labute approximate surface area is 126 Å². The van der Waals surface area contributed by atoms with Gasteiger partial charge in [0.25, 0.3) is 5.91 Å². The van der Waals surface area contributed by atoms with Crippen LogP contribution in [0.2, 0.25) is 0 Å². The zero-order chi connectivity index (χ0) is 14.8. The highest BCUT2D eigenvalue weighted by Gasteiger charge is 2.22. The molecule has 1 aliphatic carbocycles. The van der Waals surface area contributed by atoms with Gasteiger partial charge in [0.1, 0.15) is 5.75 Å². The van der Waals surface area contributed by atoms with E-state index in [1.807, 2.05) is 0 Å².